The summed E-state index contributed by atoms with van der Waals surface area (Å²) in [7, 11) is 0. The number of amides is 1. The standard InChI is InChI=1S/C12H11ClN4O2/c1-6-4-8(14)7(13)5-10(6)15-12(19)9-2-3-11(18)17-16-9/h2-5H,14H2,1H3,(H,15,19)(H,17,18). The van der Waals surface area contributed by atoms with Crippen molar-refractivity contribution in [3.05, 3.63) is 50.9 Å². The summed E-state index contributed by atoms with van der Waals surface area (Å²) in [6, 6.07) is 5.79. The number of rotatable bonds is 2. The summed E-state index contributed by atoms with van der Waals surface area (Å²) in [6.07, 6.45) is 0. The number of nitrogens with one attached hydrogen (secondary N) is 2. The lowest BCUT2D eigenvalue weighted by atomic mass is 10.1. The maximum Gasteiger partial charge on any atom is 0.276 e. The lowest BCUT2D eigenvalue weighted by Gasteiger charge is -2.09. The van der Waals surface area contributed by atoms with Crippen LogP contribution >= 0.6 is 11.6 Å². The van der Waals surface area contributed by atoms with Crippen molar-refractivity contribution in [2.24, 2.45) is 0 Å². The molecule has 0 aliphatic heterocycles. The van der Waals surface area contributed by atoms with E-state index in [2.05, 4.69) is 15.5 Å². The summed E-state index contributed by atoms with van der Waals surface area (Å²) in [5.41, 5.74) is 7.14. The Bertz CT molecular complexity index is 676. The fourth-order valence-corrected chi connectivity index (χ4v) is 1.66. The van der Waals surface area contributed by atoms with Crippen LogP contribution in [0.15, 0.2) is 29.1 Å². The van der Waals surface area contributed by atoms with E-state index < -0.39 is 5.91 Å². The number of hydrogen-bond acceptors (Lipinski definition) is 4. The van der Waals surface area contributed by atoms with Crippen LogP contribution in [0.25, 0.3) is 0 Å². The minimum Gasteiger partial charge on any atom is -0.398 e. The van der Waals surface area contributed by atoms with Gasteiger partial charge < -0.3 is 11.1 Å². The molecular weight excluding hydrogens is 268 g/mol. The second kappa shape index (κ2) is 5.11. The van der Waals surface area contributed by atoms with Crippen LogP contribution in [-0.2, 0) is 0 Å². The van der Waals surface area contributed by atoms with Crippen LogP contribution in [0.5, 0.6) is 0 Å². The van der Waals surface area contributed by atoms with Gasteiger partial charge in [-0.25, -0.2) is 5.10 Å². The molecule has 7 heteroatoms. The molecule has 19 heavy (non-hydrogen) atoms. The summed E-state index contributed by atoms with van der Waals surface area (Å²) in [6.45, 7) is 1.79. The molecule has 1 aromatic heterocycles. The highest BCUT2D eigenvalue weighted by atomic mass is 35.5. The fourth-order valence-electron chi connectivity index (χ4n) is 1.50. The normalized spacial score (nSPS) is 10.2. The van der Waals surface area contributed by atoms with Crippen LogP contribution in [0.4, 0.5) is 11.4 Å². The van der Waals surface area contributed by atoms with Crippen molar-refractivity contribution >= 4 is 28.9 Å². The maximum absolute atomic E-state index is 11.9. The van der Waals surface area contributed by atoms with E-state index in [1.54, 1.807) is 19.1 Å². The van der Waals surface area contributed by atoms with Gasteiger partial charge in [0.25, 0.3) is 11.5 Å². The van der Waals surface area contributed by atoms with Gasteiger partial charge in [-0.15, -0.1) is 0 Å². The highest BCUT2D eigenvalue weighted by Crippen LogP contribution is 2.26. The Morgan fingerprint density at radius 2 is 2.16 bits per heavy atom. The zero-order valence-electron chi connectivity index (χ0n) is 10.0. The molecule has 0 radical (unpaired) electrons. The first-order valence-corrected chi connectivity index (χ1v) is 5.78. The molecule has 4 N–H and O–H groups in total. The zero-order chi connectivity index (χ0) is 14.0. The van der Waals surface area contributed by atoms with Crippen LogP contribution in [0, 0.1) is 6.92 Å². The number of benzene rings is 1. The highest BCUT2D eigenvalue weighted by molar-refractivity contribution is 6.33. The van der Waals surface area contributed by atoms with Crippen LogP contribution < -0.4 is 16.6 Å². The second-order valence-electron chi connectivity index (χ2n) is 3.95. The number of halogens is 1. The van der Waals surface area contributed by atoms with Gasteiger partial charge in [-0.3, -0.25) is 9.59 Å². The van der Waals surface area contributed by atoms with Gasteiger partial charge in [-0.1, -0.05) is 11.6 Å². The molecule has 0 aliphatic rings. The third-order valence-corrected chi connectivity index (χ3v) is 2.83. The van der Waals surface area contributed by atoms with Gasteiger partial charge in [0.2, 0.25) is 0 Å². The Kier molecular flexibility index (Phi) is 3.52. The first-order valence-electron chi connectivity index (χ1n) is 5.40. The Morgan fingerprint density at radius 1 is 1.42 bits per heavy atom. The first kappa shape index (κ1) is 13.1. The number of anilines is 2. The Morgan fingerprint density at radius 3 is 2.79 bits per heavy atom. The number of aromatic nitrogens is 2. The van der Waals surface area contributed by atoms with Gasteiger partial charge >= 0.3 is 0 Å². The van der Waals surface area contributed by atoms with Gasteiger partial charge in [0.1, 0.15) is 5.69 Å². The summed E-state index contributed by atoms with van der Waals surface area (Å²) < 4.78 is 0. The Balaban J connectivity index is 2.26. The van der Waals surface area contributed by atoms with Gasteiger partial charge in [-0.05, 0) is 30.7 Å². The van der Waals surface area contributed by atoms with Gasteiger partial charge in [0.05, 0.1) is 10.7 Å². The van der Waals surface area contributed by atoms with Crippen molar-refractivity contribution in [1.29, 1.82) is 0 Å². The predicted octanol–water partition coefficient (Wildman–Crippen LogP) is 1.57. The molecule has 2 aromatic rings. The third kappa shape index (κ3) is 2.92. The Labute approximate surface area is 113 Å². The van der Waals surface area contributed by atoms with Crippen LogP contribution in [0.3, 0.4) is 0 Å². The largest absolute Gasteiger partial charge is 0.398 e. The van der Waals surface area contributed by atoms with Crippen molar-refractivity contribution in [1.82, 2.24) is 10.2 Å². The number of H-pyrrole nitrogens is 1. The van der Waals surface area contributed by atoms with E-state index in [9.17, 15) is 9.59 Å². The number of nitrogens with two attached hydrogens (primary N) is 1. The molecule has 0 saturated heterocycles. The molecule has 0 unspecified atom stereocenters. The SMILES string of the molecule is Cc1cc(N)c(Cl)cc1NC(=O)c1ccc(=O)[nH]n1. The Hall–Kier alpha value is -2.34. The van der Waals surface area contributed by atoms with Gasteiger partial charge in [0.15, 0.2) is 0 Å². The van der Waals surface area contributed by atoms with Crippen LogP contribution in [0.2, 0.25) is 5.02 Å². The molecule has 0 bridgehead atoms. The monoisotopic (exact) mass is 278 g/mol. The van der Waals surface area contributed by atoms with Crippen LogP contribution in [-0.4, -0.2) is 16.1 Å². The second-order valence-corrected chi connectivity index (χ2v) is 4.36. The molecule has 98 valence electrons. The van der Waals surface area contributed by atoms with E-state index in [-0.39, 0.29) is 11.3 Å². The summed E-state index contributed by atoms with van der Waals surface area (Å²) >= 11 is 5.90. The average molecular weight is 279 g/mol. The number of hydrogen-bond donors (Lipinski definition) is 3. The van der Waals surface area contributed by atoms with E-state index in [4.69, 9.17) is 17.3 Å². The lowest BCUT2D eigenvalue weighted by molar-refractivity contribution is 0.102. The first-order chi connectivity index (χ1) is 8.97. The summed E-state index contributed by atoms with van der Waals surface area (Å²) in [4.78, 5) is 22.8. The molecular formula is C12H11ClN4O2. The molecule has 0 aliphatic carbocycles. The number of nitrogen functional groups attached to an aromatic ring is 1. The van der Waals surface area contributed by atoms with E-state index in [0.717, 1.165) is 5.56 Å². The smallest absolute Gasteiger partial charge is 0.276 e. The molecule has 0 atom stereocenters. The van der Waals surface area contributed by atoms with E-state index in [0.29, 0.717) is 16.4 Å². The quantitative estimate of drug-likeness (QED) is 0.726. The molecule has 1 heterocycles. The van der Waals surface area contributed by atoms with Gasteiger partial charge in [-0.2, -0.15) is 5.10 Å². The minimum atomic E-state index is -0.444. The molecule has 1 aromatic carbocycles. The zero-order valence-corrected chi connectivity index (χ0v) is 10.8. The summed E-state index contributed by atoms with van der Waals surface area (Å²) in [5, 5.41) is 8.83. The van der Waals surface area contributed by atoms with Crippen molar-refractivity contribution in [2.75, 3.05) is 11.1 Å². The molecule has 1 amide bonds. The van der Waals surface area contributed by atoms with Crippen molar-refractivity contribution in [3.63, 3.8) is 0 Å². The lowest BCUT2D eigenvalue weighted by Crippen LogP contribution is -2.18. The molecule has 0 fully saturated rings. The van der Waals surface area contributed by atoms with Crippen molar-refractivity contribution in [2.45, 2.75) is 6.92 Å². The number of carbonyl (C=O) groups excluding carboxylic acids is 1. The number of aryl methyl sites for hydroxylation is 1. The number of nitrogens with zero attached hydrogens (tertiary/aromatic N) is 1. The van der Waals surface area contributed by atoms with E-state index in [1.165, 1.54) is 12.1 Å². The fraction of sp³-hybridized carbons (Fsp3) is 0.0833. The maximum atomic E-state index is 11.9. The average Bonchev–Trinajstić information content (AvgIpc) is 2.36. The van der Waals surface area contributed by atoms with E-state index >= 15 is 0 Å². The predicted molar refractivity (Wildman–Crippen MR) is 73.4 cm³/mol. The molecule has 2 rings (SSSR count). The number of carbonyl (C=O) groups is 1. The topological polar surface area (TPSA) is 101 Å². The molecule has 6 nitrogen and oxygen atoms in total. The van der Waals surface area contributed by atoms with Crippen molar-refractivity contribution < 1.29 is 4.79 Å². The molecule has 0 spiro atoms. The summed E-state index contributed by atoms with van der Waals surface area (Å²) in [5.74, 6) is -0.444. The number of aromatic amines is 1. The van der Waals surface area contributed by atoms with Crippen molar-refractivity contribution in [3.8, 4) is 0 Å². The van der Waals surface area contributed by atoms with Crippen LogP contribution in [0.1, 0.15) is 16.1 Å². The molecule has 0 saturated carbocycles. The minimum absolute atomic E-state index is 0.104. The van der Waals surface area contributed by atoms with E-state index in [1.807, 2.05) is 0 Å². The third-order valence-electron chi connectivity index (χ3n) is 2.50. The van der Waals surface area contributed by atoms with Gasteiger partial charge in [0, 0.05) is 11.8 Å². The highest BCUT2D eigenvalue weighted by Gasteiger charge is 2.10.